The zero-order valence-electron chi connectivity index (χ0n) is 8.98. The van der Waals surface area contributed by atoms with E-state index in [0.29, 0.717) is 11.6 Å². The van der Waals surface area contributed by atoms with Crippen molar-refractivity contribution in [3.63, 3.8) is 0 Å². The molecule has 4 heteroatoms. The van der Waals surface area contributed by atoms with Gasteiger partial charge in [-0.3, -0.25) is 4.79 Å². The Balaban J connectivity index is 1.97. The van der Waals surface area contributed by atoms with Gasteiger partial charge in [0.25, 0.3) is 0 Å². The van der Waals surface area contributed by atoms with E-state index in [4.69, 9.17) is 0 Å². The highest BCUT2D eigenvalue weighted by Gasteiger charge is 2.21. The van der Waals surface area contributed by atoms with Crippen LogP contribution in [0.1, 0.15) is 41.2 Å². The number of carbonyl (C=O) groups excluding carboxylic acids is 1. The van der Waals surface area contributed by atoms with Crippen molar-refractivity contribution in [3.05, 3.63) is 16.1 Å². The van der Waals surface area contributed by atoms with Gasteiger partial charge >= 0.3 is 0 Å². The Morgan fingerprint density at radius 1 is 1.60 bits per heavy atom. The summed E-state index contributed by atoms with van der Waals surface area (Å²) in [5.74, 6) is 0.575. The fourth-order valence-electron chi connectivity index (χ4n) is 2.04. The first kappa shape index (κ1) is 10.8. The molecule has 1 aromatic rings. The van der Waals surface area contributed by atoms with Gasteiger partial charge in [0.05, 0.1) is 5.01 Å². The van der Waals surface area contributed by atoms with Crippen molar-refractivity contribution >= 4 is 17.6 Å². The standard InChI is InChI=1S/C11H16N2OS/c1-2-13-5-3-9(4-6-13)11-12-10(7-14)8-15-11/h7-9H,2-6H2,1H3. The quantitative estimate of drug-likeness (QED) is 0.738. The number of hydrogen-bond acceptors (Lipinski definition) is 4. The largest absolute Gasteiger partial charge is 0.304 e. The fourth-order valence-corrected chi connectivity index (χ4v) is 2.97. The maximum atomic E-state index is 10.5. The second-order valence-electron chi connectivity index (χ2n) is 3.94. The molecule has 0 unspecified atom stereocenters. The van der Waals surface area contributed by atoms with E-state index in [1.54, 1.807) is 11.3 Å². The van der Waals surface area contributed by atoms with Crippen molar-refractivity contribution in [3.8, 4) is 0 Å². The molecule has 2 heterocycles. The van der Waals surface area contributed by atoms with Crippen LogP contribution in [0.4, 0.5) is 0 Å². The molecule has 0 bridgehead atoms. The number of hydrogen-bond donors (Lipinski definition) is 0. The van der Waals surface area contributed by atoms with Crippen LogP contribution in [0.15, 0.2) is 5.38 Å². The number of aromatic nitrogens is 1. The van der Waals surface area contributed by atoms with Crippen LogP contribution in [-0.4, -0.2) is 35.8 Å². The van der Waals surface area contributed by atoms with Gasteiger partial charge in [-0.1, -0.05) is 6.92 Å². The highest BCUT2D eigenvalue weighted by atomic mass is 32.1. The van der Waals surface area contributed by atoms with Crippen molar-refractivity contribution in [2.75, 3.05) is 19.6 Å². The van der Waals surface area contributed by atoms with Crippen molar-refractivity contribution in [2.45, 2.75) is 25.7 Å². The van der Waals surface area contributed by atoms with Crippen LogP contribution in [0.2, 0.25) is 0 Å². The molecule has 0 atom stereocenters. The van der Waals surface area contributed by atoms with Gasteiger partial charge in [0.2, 0.25) is 0 Å². The molecule has 82 valence electrons. The number of carbonyl (C=O) groups is 1. The lowest BCUT2D eigenvalue weighted by Gasteiger charge is -2.29. The van der Waals surface area contributed by atoms with Gasteiger partial charge in [0, 0.05) is 11.3 Å². The zero-order valence-corrected chi connectivity index (χ0v) is 9.80. The van der Waals surface area contributed by atoms with E-state index in [-0.39, 0.29) is 0 Å². The predicted molar refractivity (Wildman–Crippen MR) is 61.6 cm³/mol. The third-order valence-electron chi connectivity index (χ3n) is 3.04. The van der Waals surface area contributed by atoms with Gasteiger partial charge < -0.3 is 4.90 Å². The molecule has 3 nitrogen and oxygen atoms in total. The molecule has 1 saturated heterocycles. The Hall–Kier alpha value is -0.740. The molecule has 0 N–H and O–H groups in total. The van der Waals surface area contributed by atoms with E-state index in [1.807, 2.05) is 5.38 Å². The first-order chi connectivity index (χ1) is 7.33. The van der Waals surface area contributed by atoms with Gasteiger partial charge in [-0.15, -0.1) is 11.3 Å². The summed E-state index contributed by atoms with van der Waals surface area (Å²) in [4.78, 5) is 17.3. The van der Waals surface area contributed by atoms with E-state index in [1.165, 1.54) is 12.8 Å². The van der Waals surface area contributed by atoms with Crippen LogP contribution >= 0.6 is 11.3 Å². The molecule has 0 amide bonds. The highest BCUT2D eigenvalue weighted by Crippen LogP contribution is 2.29. The Bertz CT molecular complexity index is 329. The summed E-state index contributed by atoms with van der Waals surface area (Å²) in [6, 6.07) is 0. The smallest absolute Gasteiger partial charge is 0.169 e. The number of likely N-dealkylation sites (tertiary alicyclic amines) is 1. The molecular weight excluding hydrogens is 208 g/mol. The minimum Gasteiger partial charge on any atom is -0.304 e. The molecule has 1 aliphatic rings. The average Bonchev–Trinajstić information content (AvgIpc) is 2.78. The molecule has 0 aromatic carbocycles. The average molecular weight is 224 g/mol. The minimum atomic E-state index is 0.575. The highest BCUT2D eigenvalue weighted by molar-refractivity contribution is 7.09. The monoisotopic (exact) mass is 224 g/mol. The molecular formula is C11H16N2OS. The van der Waals surface area contributed by atoms with Crippen LogP contribution in [0.3, 0.4) is 0 Å². The van der Waals surface area contributed by atoms with E-state index in [9.17, 15) is 4.79 Å². The number of thiazole rings is 1. The summed E-state index contributed by atoms with van der Waals surface area (Å²) in [5.41, 5.74) is 0.591. The zero-order chi connectivity index (χ0) is 10.7. The number of aldehydes is 1. The van der Waals surface area contributed by atoms with Gasteiger partial charge in [-0.25, -0.2) is 4.98 Å². The third kappa shape index (κ3) is 2.44. The van der Waals surface area contributed by atoms with Crippen LogP contribution in [0.25, 0.3) is 0 Å². The second kappa shape index (κ2) is 4.86. The molecule has 0 spiro atoms. The first-order valence-corrected chi connectivity index (χ1v) is 6.34. The third-order valence-corrected chi connectivity index (χ3v) is 4.07. The number of nitrogens with zero attached hydrogens (tertiary/aromatic N) is 2. The van der Waals surface area contributed by atoms with Crippen molar-refractivity contribution < 1.29 is 4.79 Å². The van der Waals surface area contributed by atoms with E-state index in [2.05, 4.69) is 16.8 Å². The van der Waals surface area contributed by atoms with E-state index >= 15 is 0 Å². The van der Waals surface area contributed by atoms with Gasteiger partial charge in [-0.05, 0) is 32.5 Å². The van der Waals surface area contributed by atoms with Gasteiger partial charge in [-0.2, -0.15) is 0 Å². The molecule has 1 aliphatic heterocycles. The Kier molecular flexibility index (Phi) is 3.49. The molecule has 15 heavy (non-hydrogen) atoms. The van der Waals surface area contributed by atoms with Crippen LogP contribution in [0, 0.1) is 0 Å². The van der Waals surface area contributed by atoms with E-state index in [0.717, 1.165) is 30.9 Å². The predicted octanol–water partition coefficient (Wildman–Crippen LogP) is 2.15. The van der Waals surface area contributed by atoms with Crippen LogP contribution in [0.5, 0.6) is 0 Å². The van der Waals surface area contributed by atoms with E-state index < -0.39 is 0 Å². The summed E-state index contributed by atoms with van der Waals surface area (Å²) in [5, 5.41) is 3.00. The first-order valence-electron chi connectivity index (χ1n) is 5.46. The van der Waals surface area contributed by atoms with Gasteiger partial charge in [0.15, 0.2) is 6.29 Å². The summed E-state index contributed by atoms with van der Waals surface area (Å²) in [6.07, 6.45) is 3.19. The summed E-state index contributed by atoms with van der Waals surface area (Å²) in [7, 11) is 0. The summed E-state index contributed by atoms with van der Waals surface area (Å²) in [6.45, 7) is 5.67. The maximum absolute atomic E-state index is 10.5. The second-order valence-corrected chi connectivity index (χ2v) is 4.83. The molecule has 0 radical (unpaired) electrons. The van der Waals surface area contributed by atoms with Crippen molar-refractivity contribution in [1.29, 1.82) is 0 Å². The maximum Gasteiger partial charge on any atom is 0.169 e. The normalized spacial score (nSPS) is 19.3. The SMILES string of the molecule is CCN1CCC(c2nc(C=O)cs2)CC1. The van der Waals surface area contributed by atoms with Crippen LogP contribution < -0.4 is 0 Å². The lowest BCUT2D eigenvalue weighted by atomic mass is 9.98. The molecule has 0 aliphatic carbocycles. The Labute approximate surface area is 94.1 Å². The summed E-state index contributed by atoms with van der Waals surface area (Å²) >= 11 is 1.63. The fraction of sp³-hybridized carbons (Fsp3) is 0.636. The number of piperidine rings is 1. The minimum absolute atomic E-state index is 0.575. The Morgan fingerprint density at radius 2 is 2.33 bits per heavy atom. The molecule has 1 aromatic heterocycles. The van der Waals surface area contributed by atoms with Crippen molar-refractivity contribution in [2.24, 2.45) is 0 Å². The number of rotatable bonds is 3. The van der Waals surface area contributed by atoms with Gasteiger partial charge in [0.1, 0.15) is 5.69 Å². The lowest BCUT2D eigenvalue weighted by Crippen LogP contribution is -2.32. The molecule has 2 rings (SSSR count). The lowest BCUT2D eigenvalue weighted by molar-refractivity contribution is 0.111. The molecule has 1 fully saturated rings. The summed E-state index contributed by atoms with van der Waals surface area (Å²) < 4.78 is 0. The topological polar surface area (TPSA) is 33.2 Å². The van der Waals surface area contributed by atoms with Crippen LogP contribution in [-0.2, 0) is 0 Å². The molecule has 0 saturated carbocycles. The Morgan fingerprint density at radius 3 is 2.87 bits per heavy atom. The van der Waals surface area contributed by atoms with Crippen molar-refractivity contribution in [1.82, 2.24) is 9.88 Å².